The molecule has 0 fully saturated rings. The molecule has 1 heterocycles. The lowest BCUT2D eigenvalue weighted by Gasteiger charge is -2.17. The maximum Gasteiger partial charge on any atom is 0.136 e. The molecule has 0 saturated carbocycles. The number of nitrogen functional groups attached to an aromatic ring is 1. The van der Waals surface area contributed by atoms with Gasteiger partial charge in [0, 0.05) is 0 Å². The van der Waals surface area contributed by atoms with Crippen LogP contribution >= 0.6 is 15.9 Å². The van der Waals surface area contributed by atoms with Crippen molar-refractivity contribution < 1.29 is 0 Å². The van der Waals surface area contributed by atoms with Gasteiger partial charge in [-0.25, -0.2) is 4.68 Å². The van der Waals surface area contributed by atoms with E-state index >= 15 is 0 Å². The SMILES string of the molecule is CCC(c1ccccc1)n1ncc(Br)c1N. The highest BCUT2D eigenvalue weighted by atomic mass is 79.9. The van der Waals surface area contributed by atoms with Gasteiger partial charge in [-0.15, -0.1) is 0 Å². The first-order chi connectivity index (χ1) is 7.74. The normalized spacial score (nSPS) is 12.6. The minimum absolute atomic E-state index is 0.201. The summed E-state index contributed by atoms with van der Waals surface area (Å²) in [6.45, 7) is 2.13. The summed E-state index contributed by atoms with van der Waals surface area (Å²) >= 11 is 3.38. The highest BCUT2D eigenvalue weighted by Crippen LogP contribution is 2.27. The average Bonchev–Trinajstić information content (AvgIpc) is 2.64. The van der Waals surface area contributed by atoms with Crippen molar-refractivity contribution in [3.63, 3.8) is 0 Å². The highest BCUT2D eigenvalue weighted by molar-refractivity contribution is 9.10. The maximum atomic E-state index is 5.97. The summed E-state index contributed by atoms with van der Waals surface area (Å²) in [7, 11) is 0. The Bertz CT molecular complexity index is 464. The second-order valence-corrected chi connectivity index (χ2v) is 4.51. The van der Waals surface area contributed by atoms with Crippen LogP contribution < -0.4 is 5.73 Å². The molecule has 1 aromatic carbocycles. The molecule has 0 spiro atoms. The van der Waals surface area contributed by atoms with E-state index in [1.807, 2.05) is 22.9 Å². The molecule has 1 unspecified atom stereocenters. The minimum Gasteiger partial charge on any atom is -0.383 e. The summed E-state index contributed by atoms with van der Waals surface area (Å²) in [4.78, 5) is 0. The fraction of sp³-hybridized carbons (Fsp3) is 0.250. The van der Waals surface area contributed by atoms with E-state index in [1.165, 1.54) is 5.56 Å². The van der Waals surface area contributed by atoms with Gasteiger partial charge in [0.25, 0.3) is 0 Å². The van der Waals surface area contributed by atoms with E-state index in [1.54, 1.807) is 6.20 Å². The number of nitrogens with two attached hydrogens (primary N) is 1. The molecule has 1 aromatic heterocycles. The van der Waals surface area contributed by atoms with E-state index in [9.17, 15) is 0 Å². The van der Waals surface area contributed by atoms with Gasteiger partial charge in [0.1, 0.15) is 5.82 Å². The molecule has 0 bridgehead atoms. The van der Waals surface area contributed by atoms with Gasteiger partial charge in [0.15, 0.2) is 0 Å². The van der Waals surface area contributed by atoms with Gasteiger partial charge in [-0.05, 0) is 27.9 Å². The van der Waals surface area contributed by atoms with Crippen molar-refractivity contribution in [3.8, 4) is 0 Å². The van der Waals surface area contributed by atoms with Crippen LogP contribution in [0.4, 0.5) is 5.82 Å². The van der Waals surface area contributed by atoms with E-state index in [0.717, 1.165) is 10.9 Å². The van der Waals surface area contributed by atoms with Crippen LogP contribution in [-0.4, -0.2) is 9.78 Å². The third-order valence-corrected chi connectivity index (χ3v) is 3.26. The maximum absolute atomic E-state index is 5.97. The van der Waals surface area contributed by atoms with Gasteiger partial charge < -0.3 is 5.73 Å². The molecule has 84 valence electrons. The number of aromatic nitrogens is 2. The van der Waals surface area contributed by atoms with E-state index in [2.05, 4.69) is 40.1 Å². The predicted molar refractivity (Wildman–Crippen MR) is 69.2 cm³/mol. The van der Waals surface area contributed by atoms with Crippen molar-refractivity contribution in [2.45, 2.75) is 19.4 Å². The monoisotopic (exact) mass is 279 g/mol. The van der Waals surface area contributed by atoms with Gasteiger partial charge in [0.05, 0.1) is 16.7 Å². The standard InChI is InChI=1S/C12H14BrN3/c1-2-11(9-6-4-3-5-7-9)16-12(14)10(13)8-15-16/h3-8,11H,2,14H2,1H3. The average molecular weight is 280 g/mol. The Morgan fingerprint density at radius 3 is 2.56 bits per heavy atom. The molecule has 0 saturated heterocycles. The first kappa shape index (κ1) is 11.2. The molecule has 2 N–H and O–H groups in total. The lowest BCUT2D eigenvalue weighted by Crippen LogP contribution is -2.13. The van der Waals surface area contributed by atoms with Crippen LogP contribution in [0.15, 0.2) is 41.0 Å². The van der Waals surface area contributed by atoms with Crippen LogP contribution in [0.5, 0.6) is 0 Å². The predicted octanol–water partition coefficient (Wildman–Crippen LogP) is 3.23. The lowest BCUT2D eigenvalue weighted by molar-refractivity contribution is 0.516. The van der Waals surface area contributed by atoms with Crippen LogP contribution in [0.2, 0.25) is 0 Å². The summed E-state index contributed by atoms with van der Waals surface area (Å²) in [6.07, 6.45) is 2.70. The van der Waals surface area contributed by atoms with Crippen molar-refractivity contribution in [1.29, 1.82) is 0 Å². The number of halogens is 1. The zero-order valence-electron chi connectivity index (χ0n) is 9.10. The fourth-order valence-electron chi connectivity index (χ4n) is 1.82. The number of rotatable bonds is 3. The molecule has 4 heteroatoms. The van der Waals surface area contributed by atoms with Crippen LogP contribution in [0.3, 0.4) is 0 Å². The second kappa shape index (κ2) is 4.70. The van der Waals surface area contributed by atoms with Gasteiger partial charge in [-0.2, -0.15) is 5.10 Å². The Hall–Kier alpha value is -1.29. The minimum atomic E-state index is 0.201. The van der Waals surface area contributed by atoms with Crippen molar-refractivity contribution >= 4 is 21.7 Å². The quantitative estimate of drug-likeness (QED) is 0.938. The van der Waals surface area contributed by atoms with Crippen molar-refractivity contribution in [1.82, 2.24) is 9.78 Å². The summed E-state index contributed by atoms with van der Waals surface area (Å²) in [5.74, 6) is 0.677. The largest absolute Gasteiger partial charge is 0.383 e. The Labute approximate surface area is 103 Å². The molecule has 0 aliphatic rings. The smallest absolute Gasteiger partial charge is 0.136 e. The Morgan fingerprint density at radius 1 is 1.38 bits per heavy atom. The Kier molecular flexibility index (Phi) is 3.29. The summed E-state index contributed by atoms with van der Waals surface area (Å²) in [5.41, 5.74) is 7.20. The molecule has 0 aliphatic carbocycles. The molecule has 2 rings (SSSR count). The van der Waals surface area contributed by atoms with Crippen molar-refractivity contribution in [3.05, 3.63) is 46.6 Å². The molecule has 2 aromatic rings. The summed E-state index contributed by atoms with van der Waals surface area (Å²) < 4.78 is 2.71. The lowest BCUT2D eigenvalue weighted by atomic mass is 10.1. The second-order valence-electron chi connectivity index (χ2n) is 3.66. The fourth-order valence-corrected chi connectivity index (χ4v) is 2.10. The van der Waals surface area contributed by atoms with Crippen LogP contribution in [0, 0.1) is 0 Å². The Balaban J connectivity index is 2.41. The van der Waals surface area contributed by atoms with E-state index in [0.29, 0.717) is 5.82 Å². The van der Waals surface area contributed by atoms with E-state index in [4.69, 9.17) is 5.73 Å². The van der Waals surface area contributed by atoms with E-state index < -0.39 is 0 Å². The first-order valence-corrected chi connectivity index (χ1v) is 6.06. The summed E-state index contributed by atoms with van der Waals surface area (Å²) in [6, 6.07) is 10.5. The van der Waals surface area contributed by atoms with Crippen LogP contribution in [0.1, 0.15) is 24.9 Å². The van der Waals surface area contributed by atoms with Gasteiger partial charge in [-0.3, -0.25) is 0 Å². The van der Waals surface area contributed by atoms with Gasteiger partial charge in [-0.1, -0.05) is 37.3 Å². The molecule has 16 heavy (non-hydrogen) atoms. The third-order valence-electron chi connectivity index (χ3n) is 2.65. The highest BCUT2D eigenvalue weighted by Gasteiger charge is 2.15. The molecular formula is C12H14BrN3. The molecular weight excluding hydrogens is 266 g/mol. The zero-order chi connectivity index (χ0) is 11.5. The molecule has 3 nitrogen and oxygen atoms in total. The number of hydrogen-bond acceptors (Lipinski definition) is 2. The van der Waals surface area contributed by atoms with Crippen LogP contribution in [-0.2, 0) is 0 Å². The summed E-state index contributed by atoms with van der Waals surface area (Å²) in [5, 5.41) is 4.31. The van der Waals surface area contributed by atoms with Crippen LogP contribution in [0.25, 0.3) is 0 Å². The van der Waals surface area contributed by atoms with Gasteiger partial charge >= 0.3 is 0 Å². The number of hydrogen-bond donors (Lipinski definition) is 1. The molecule has 0 amide bonds. The third kappa shape index (κ3) is 1.97. The number of nitrogens with zero attached hydrogens (tertiary/aromatic N) is 2. The number of benzene rings is 1. The topological polar surface area (TPSA) is 43.8 Å². The molecule has 0 radical (unpaired) electrons. The molecule has 0 aliphatic heterocycles. The zero-order valence-corrected chi connectivity index (χ0v) is 10.7. The van der Waals surface area contributed by atoms with E-state index in [-0.39, 0.29) is 6.04 Å². The first-order valence-electron chi connectivity index (χ1n) is 5.27. The van der Waals surface area contributed by atoms with Crippen molar-refractivity contribution in [2.24, 2.45) is 0 Å². The van der Waals surface area contributed by atoms with Gasteiger partial charge in [0.2, 0.25) is 0 Å². The Morgan fingerprint density at radius 2 is 2.06 bits per heavy atom. The number of anilines is 1. The molecule has 1 atom stereocenters. The van der Waals surface area contributed by atoms with Crippen molar-refractivity contribution in [2.75, 3.05) is 5.73 Å².